The van der Waals surface area contributed by atoms with Gasteiger partial charge in [0.05, 0.1) is 18.8 Å². The van der Waals surface area contributed by atoms with Gasteiger partial charge < -0.3 is 15.2 Å². The van der Waals surface area contributed by atoms with Gasteiger partial charge in [0.15, 0.2) is 17.3 Å². The minimum Gasteiger partial charge on any atom is -0.490 e. The summed E-state index contributed by atoms with van der Waals surface area (Å²) in [7, 11) is 0. The summed E-state index contributed by atoms with van der Waals surface area (Å²) in [6.45, 7) is 4.91. The predicted octanol–water partition coefficient (Wildman–Crippen LogP) is 2.55. The van der Waals surface area contributed by atoms with E-state index in [9.17, 15) is 4.79 Å². The summed E-state index contributed by atoms with van der Waals surface area (Å²) in [4.78, 5) is 12.4. The molecule has 0 heterocycles. The van der Waals surface area contributed by atoms with E-state index in [-0.39, 0.29) is 5.78 Å². The average molecular weight is 263 g/mol. The Bertz CT molecular complexity index is 466. The lowest BCUT2D eigenvalue weighted by atomic mass is 9.73. The second kappa shape index (κ2) is 5.61. The third kappa shape index (κ3) is 2.73. The number of Topliss-reactive ketones (excluding diaryl/α,β-unsaturated/α-hetero) is 1. The van der Waals surface area contributed by atoms with Crippen molar-refractivity contribution < 1.29 is 14.3 Å². The van der Waals surface area contributed by atoms with E-state index in [2.05, 4.69) is 0 Å². The molecule has 0 spiro atoms. The molecule has 0 saturated heterocycles. The first-order valence-corrected chi connectivity index (χ1v) is 6.84. The van der Waals surface area contributed by atoms with Gasteiger partial charge >= 0.3 is 0 Å². The minimum absolute atomic E-state index is 0.00255. The molecule has 0 unspecified atom stereocenters. The zero-order valence-electron chi connectivity index (χ0n) is 11.6. The van der Waals surface area contributed by atoms with E-state index >= 15 is 0 Å². The Morgan fingerprint density at radius 3 is 2.37 bits per heavy atom. The molecule has 1 aromatic rings. The molecule has 104 valence electrons. The Kier molecular flexibility index (Phi) is 4.10. The second-order valence-electron chi connectivity index (χ2n) is 4.87. The Hall–Kier alpha value is -1.55. The summed E-state index contributed by atoms with van der Waals surface area (Å²) in [6, 6.07) is 5.29. The maximum atomic E-state index is 12.4. The lowest BCUT2D eigenvalue weighted by molar-refractivity contribution is 0.0800. The monoisotopic (exact) mass is 263 g/mol. The van der Waals surface area contributed by atoms with E-state index in [4.69, 9.17) is 15.2 Å². The van der Waals surface area contributed by atoms with E-state index in [1.54, 1.807) is 18.2 Å². The first kappa shape index (κ1) is 13.9. The second-order valence-corrected chi connectivity index (χ2v) is 4.87. The number of hydrogen-bond acceptors (Lipinski definition) is 4. The van der Waals surface area contributed by atoms with Gasteiger partial charge in [-0.1, -0.05) is 0 Å². The van der Waals surface area contributed by atoms with Crippen LogP contribution in [-0.4, -0.2) is 24.5 Å². The number of carbonyl (C=O) groups excluding carboxylic acids is 1. The Balaban J connectivity index is 2.26. The highest BCUT2D eigenvalue weighted by atomic mass is 16.5. The molecule has 0 amide bonds. The van der Waals surface area contributed by atoms with E-state index in [0.717, 1.165) is 19.3 Å². The molecule has 0 radical (unpaired) electrons. The predicted molar refractivity (Wildman–Crippen MR) is 73.9 cm³/mol. The van der Waals surface area contributed by atoms with Crippen LogP contribution < -0.4 is 15.2 Å². The lowest BCUT2D eigenvalue weighted by Crippen LogP contribution is -2.53. The molecule has 1 aliphatic carbocycles. The molecule has 19 heavy (non-hydrogen) atoms. The SMILES string of the molecule is CCOc1ccc(C(=O)C2(N)CCC2)cc1OCC. The van der Waals surface area contributed by atoms with Gasteiger partial charge in [-0.3, -0.25) is 4.79 Å². The van der Waals surface area contributed by atoms with Crippen LogP contribution in [0.3, 0.4) is 0 Å². The quantitative estimate of drug-likeness (QED) is 0.801. The van der Waals surface area contributed by atoms with Crippen LogP contribution >= 0.6 is 0 Å². The molecule has 2 rings (SSSR count). The van der Waals surface area contributed by atoms with Crippen LogP contribution in [0.5, 0.6) is 11.5 Å². The molecule has 1 aliphatic rings. The molecule has 0 bridgehead atoms. The van der Waals surface area contributed by atoms with E-state index in [1.807, 2.05) is 13.8 Å². The smallest absolute Gasteiger partial charge is 0.182 e. The molecule has 0 aliphatic heterocycles. The van der Waals surface area contributed by atoms with Crippen molar-refractivity contribution in [1.29, 1.82) is 0 Å². The standard InChI is InChI=1S/C15H21NO3/c1-3-18-12-7-6-11(10-13(12)19-4-2)14(17)15(16)8-5-9-15/h6-7,10H,3-5,8-9,16H2,1-2H3. The van der Waals surface area contributed by atoms with Crippen LogP contribution in [0.2, 0.25) is 0 Å². The van der Waals surface area contributed by atoms with Gasteiger partial charge in [0.25, 0.3) is 0 Å². The fraction of sp³-hybridized carbons (Fsp3) is 0.533. The maximum absolute atomic E-state index is 12.4. The van der Waals surface area contributed by atoms with Gasteiger partial charge in [-0.2, -0.15) is 0 Å². The van der Waals surface area contributed by atoms with E-state index in [1.165, 1.54) is 0 Å². The molecule has 1 saturated carbocycles. The Morgan fingerprint density at radius 1 is 1.21 bits per heavy atom. The van der Waals surface area contributed by atoms with Crippen LogP contribution in [0.15, 0.2) is 18.2 Å². The van der Waals surface area contributed by atoms with Crippen molar-refractivity contribution in [2.75, 3.05) is 13.2 Å². The Morgan fingerprint density at radius 2 is 1.84 bits per heavy atom. The topological polar surface area (TPSA) is 61.5 Å². The van der Waals surface area contributed by atoms with Crippen molar-refractivity contribution in [3.8, 4) is 11.5 Å². The zero-order valence-corrected chi connectivity index (χ0v) is 11.6. The molecular weight excluding hydrogens is 242 g/mol. The highest BCUT2D eigenvalue weighted by Gasteiger charge is 2.40. The molecule has 4 heteroatoms. The maximum Gasteiger partial charge on any atom is 0.182 e. The summed E-state index contributed by atoms with van der Waals surface area (Å²) in [6.07, 6.45) is 2.56. The van der Waals surface area contributed by atoms with Crippen LogP contribution in [0, 0.1) is 0 Å². The zero-order chi connectivity index (χ0) is 13.9. The highest BCUT2D eigenvalue weighted by Crippen LogP contribution is 2.35. The normalized spacial score (nSPS) is 16.6. The summed E-state index contributed by atoms with van der Waals surface area (Å²) in [5.41, 5.74) is 6.01. The highest BCUT2D eigenvalue weighted by molar-refractivity contribution is 6.04. The number of nitrogens with two attached hydrogens (primary N) is 1. The van der Waals surface area contributed by atoms with Crippen molar-refractivity contribution in [3.05, 3.63) is 23.8 Å². The van der Waals surface area contributed by atoms with Crippen LogP contribution in [0.25, 0.3) is 0 Å². The summed E-state index contributed by atoms with van der Waals surface area (Å²) in [5.74, 6) is 1.28. The van der Waals surface area contributed by atoms with Crippen molar-refractivity contribution in [1.82, 2.24) is 0 Å². The lowest BCUT2D eigenvalue weighted by Gasteiger charge is -2.36. The van der Waals surface area contributed by atoms with Crippen molar-refractivity contribution in [2.45, 2.75) is 38.6 Å². The average Bonchev–Trinajstić information content (AvgIpc) is 2.38. The molecule has 0 aromatic heterocycles. The van der Waals surface area contributed by atoms with Crippen molar-refractivity contribution >= 4 is 5.78 Å². The van der Waals surface area contributed by atoms with Crippen LogP contribution in [0.1, 0.15) is 43.5 Å². The fourth-order valence-electron chi connectivity index (χ4n) is 2.26. The van der Waals surface area contributed by atoms with Gasteiger partial charge in [0.1, 0.15) is 0 Å². The third-order valence-corrected chi connectivity index (χ3v) is 3.50. The number of ketones is 1. The number of rotatable bonds is 6. The summed E-state index contributed by atoms with van der Waals surface area (Å²) in [5, 5.41) is 0. The van der Waals surface area contributed by atoms with Crippen molar-refractivity contribution in [2.24, 2.45) is 5.73 Å². The molecule has 4 nitrogen and oxygen atoms in total. The van der Waals surface area contributed by atoms with Crippen LogP contribution in [0.4, 0.5) is 0 Å². The number of ether oxygens (including phenoxy) is 2. The van der Waals surface area contributed by atoms with Crippen molar-refractivity contribution in [3.63, 3.8) is 0 Å². The van der Waals surface area contributed by atoms with Gasteiger partial charge in [-0.05, 0) is 51.3 Å². The first-order chi connectivity index (χ1) is 9.10. The number of carbonyl (C=O) groups is 1. The molecule has 2 N–H and O–H groups in total. The molecule has 1 fully saturated rings. The summed E-state index contributed by atoms with van der Waals surface area (Å²) < 4.78 is 11.0. The van der Waals surface area contributed by atoms with Gasteiger partial charge in [0.2, 0.25) is 0 Å². The minimum atomic E-state index is -0.670. The van der Waals surface area contributed by atoms with E-state index < -0.39 is 5.54 Å². The largest absolute Gasteiger partial charge is 0.490 e. The summed E-state index contributed by atoms with van der Waals surface area (Å²) >= 11 is 0. The third-order valence-electron chi connectivity index (χ3n) is 3.50. The molecular formula is C15H21NO3. The fourth-order valence-corrected chi connectivity index (χ4v) is 2.26. The van der Waals surface area contributed by atoms with E-state index in [0.29, 0.717) is 30.3 Å². The van der Waals surface area contributed by atoms with Crippen LogP contribution in [-0.2, 0) is 0 Å². The number of benzene rings is 1. The van der Waals surface area contributed by atoms with Gasteiger partial charge in [0, 0.05) is 5.56 Å². The Labute approximate surface area is 113 Å². The van der Waals surface area contributed by atoms with Gasteiger partial charge in [-0.15, -0.1) is 0 Å². The molecule has 1 aromatic carbocycles. The number of hydrogen-bond donors (Lipinski definition) is 1. The van der Waals surface area contributed by atoms with Gasteiger partial charge in [-0.25, -0.2) is 0 Å². The first-order valence-electron chi connectivity index (χ1n) is 6.84. The molecule has 0 atom stereocenters.